The molecule has 0 aromatic carbocycles. The van der Waals surface area contributed by atoms with Crippen LogP contribution in [0.1, 0.15) is 27.6 Å². The first kappa shape index (κ1) is 13.1. The van der Waals surface area contributed by atoms with Gasteiger partial charge >= 0.3 is 29.6 Å². The van der Waals surface area contributed by atoms with E-state index in [1.165, 1.54) is 0 Å². The van der Waals surface area contributed by atoms with Gasteiger partial charge in [0, 0.05) is 20.5 Å². The van der Waals surface area contributed by atoms with E-state index in [4.69, 9.17) is 0 Å². The molecule has 0 spiro atoms. The molecule has 0 atom stereocenters. The normalized spacial score (nSPS) is 8.30. The van der Waals surface area contributed by atoms with Gasteiger partial charge in [0.1, 0.15) is 0 Å². The van der Waals surface area contributed by atoms with Crippen molar-refractivity contribution in [3.63, 3.8) is 0 Å². The van der Waals surface area contributed by atoms with Gasteiger partial charge in [-0.05, 0) is 6.42 Å². The van der Waals surface area contributed by atoms with Crippen molar-refractivity contribution in [3.05, 3.63) is 0 Å². The maximum Gasteiger partial charge on any atom is 1.00 e. The molecule has 1 amide bonds. The van der Waals surface area contributed by atoms with Crippen molar-refractivity contribution in [2.75, 3.05) is 14.1 Å². The van der Waals surface area contributed by atoms with Crippen LogP contribution in [0.2, 0.25) is 0 Å². The molecule has 0 fully saturated rings. The fourth-order valence-corrected chi connectivity index (χ4v) is 0.552. The fraction of sp³-hybridized carbons (Fsp3) is 0.857. The Bertz CT molecular complexity index is 98.4. The maximum atomic E-state index is 10.8. The Hall–Kier alpha value is 0.470. The number of carbonyl (C=O) groups is 1. The molecule has 0 saturated heterocycles. The summed E-state index contributed by atoms with van der Waals surface area (Å²) in [6.45, 7) is 2.09. The van der Waals surface area contributed by atoms with Gasteiger partial charge in [-0.15, -0.1) is 0 Å². The summed E-state index contributed by atoms with van der Waals surface area (Å²) in [5, 5.41) is 0. The van der Waals surface area contributed by atoms with E-state index in [1.54, 1.807) is 19.0 Å². The molecule has 0 aliphatic carbocycles. The van der Waals surface area contributed by atoms with Gasteiger partial charge in [0.05, 0.1) is 0 Å². The second kappa shape index (κ2) is 7.58. The van der Waals surface area contributed by atoms with Crippen LogP contribution in [0.25, 0.3) is 0 Å². The average molecular weight is 153 g/mol. The molecular weight excluding hydrogens is 137 g/mol. The molecule has 2 nitrogen and oxygen atoms in total. The zero-order valence-electron chi connectivity index (χ0n) is 8.48. The van der Waals surface area contributed by atoms with Crippen molar-refractivity contribution in [1.29, 1.82) is 0 Å². The Kier molecular flexibility index (Phi) is 9.92. The van der Waals surface area contributed by atoms with E-state index in [1.807, 2.05) is 0 Å². The van der Waals surface area contributed by atoms with Crippen LogP contribution in [0.4, 0.5) is 0 Å². The van der Waals surface area contributed by atoms with Gasteiger partial charge in [-0.2, -0.15) is 0 Å². The molecule has 3 heteroatoms. The smallest absolute Gasteiger partial charge is 1.00 e. The molecule has 0 rings (SSSR count). The standard InChI is InChI=1S/C7H15NO.Na.H/c1-4-5-6-7(9)8(2)3;;/h4-6H2,1-3H3;;/q;+1;-1. The summed E-state index contributed by atoms with van der Waals surface area (Å²) < 4.78 is 0. The molecular formula is C7H16NNaO. The van der Waals surface area contributed by atoms with E-state index in [-0.39, 0.29) is 36.9 Å². The average Bonchev–Trinajstić information content (AvgIpc) is 1.82. The minimum Gasteiger partial charge on any atom is -1.00 e. The first-order valence-electron chi connectivity index (χ1n) is 3.38. The minimum absolute atomic E-state index is 0. The third-order valence-corrected chi connectivity index (χ3v) is 1.24. The molecule has 56 valence electrons. The van der Waals surface area contributed by atoms with Crippen molar-refractivity contribution in [1.82, 2.24) is 4.90 Å². The predicted molar refractivity (Wildman–Crippen MR) is 39.3 cm³/mol. The van der Waals surface area contributed by atoms with Gasteiger partial charge in [0.2, 0.25) is 5.91 Å². The molecule has 0 heterocycles. The first-order valence-corrected chi connectivity index (χ1v) is 3.38. The van der Waals surface area contributed by atoms with Crippen molar-refractivity contribution in [2.45, 2.75) is 26.2 Å². The van der Waals surface area contributed by atoms with Gasteiger partial charge in [0.25, 0.3) is 0 Å². The number of hydrogen-bond acceptors (Lipinski definition) is 1. The number of carbonyl (C=O) groups excluding carboxylic acids is 1. The molecule has 0 aromatic heterocycles. The first-order chi connectivity index (χ1) is 4.18. The third-order valence-electron chi connectivity index (χ3n) is 1.24. The molecule has 0 aromatic rings. The van der Waals surface area contributed by atoms with Crippen molar-refractivity contribution >= 4 is 5.91 Å². The molecule has 0 aliphatic heterocycles. The predicted octanol–water partition coefficient (Wildman–Crippen LogP) is -1.62. The minimum atomic E-state index is 0. The Morgan fingerprint density at radius 2 is 2.00 bits per heavy atom. The van der Waals surface area contributed by atoms with Gasteiger partial charge < -0.3 is 6.33 Å². The quantitative estimate of drug-likeness (QED) is 0.446. The van der Waals surface area contributed by atoms with Crippen LogP contribution in [0, 0.1) is 0 Å². The van der Waals surface area contributed by atoms with Crippen LogP contribution in [-0.2, 0) is 4.79 Å². The molecule has 10 heavy (non-hydrogen) atoms. The van der Waals surface area contributed by atoms with E-state index >= 15 is 0 Å². The number of hydrogen-bond donors (Lipinski definition) is 0. The molecule has 0 N–H and O–H groups in total. The summed E-state index contributed by atoms with van der Waals surface area (Å²) in [6, 6.07) is 0. The van der Waals surface area contributed by atoms with Crippen molar-refractivity contribution in [2.24, 2.45) is 0 Å². The van der Waals surface area contributed by atoms with E-state index < -0.39 is 0 Å². The van der Waals surface area contributed by atoms with Crippen LogP contribution < -0.4 is 29.6 Å². The van der Waals surface area contributed by atoms with Gasteiger partial charge in [-0.1, -0.05) is 13.3 Å². The maximum absolute atomic E-state index is 10.8. The molecule has 0 unspecified atom stereocenters. The summed E-state index contributed by atoms with van der Waals surface area (Å²) in [7, 11) is 3.58. The third kappa shape index (κ3) is 6.59. The largest absolute Gasteiger partial charge is 1.00 e. The Morgan fingerprint density at radius 1 is 1.50 bits per heavy atom. The van der Waals surface area contributed by atoms with Crippen LogP contribution in [0.3, 0.4) is 0 Å². The summed E-state index contributed by atoms with van der Waals surface area (Å²) in [5.74, 6) is 0.233. The number of unbranched alkanes of at least 4 members (excludes halogenated alkanes) is 1. The van der Waals surface area contributed by atoms with Gasteiger partial charge in [-0.3, -0.25) is 4.79 Å². The molecule has 0 aliphatic rings. The zero-order valence-corrected chi connectivity index (χ0v) is 9.48. The topological polar surface area (TPSA) is 20.3 Å². The van der Waals surface area contributed by atoms with E-state index in [9.17, 15) is 4.79 Å². The van der Waals surface area contributed by atoms with Crippen molar-refractivity contribution < 1.29 is 35.8 Å². The van der Waals surface area contributed by atoms with Crippen molar-refractivity contribution in [3.8, 4) is 0 Å². The molecule has 0 radical (unpaired) electrons. The van der Waals surface area contributed by atoms with Crippen LogP contribution in [0.15, 0.2) is 0 Å². The van der Waals surface area contributed by atoms with E-state index in [0.717, 1.165) is 12.8 Å². The van der Waals surface area contributed by atoms with Gasteiger partial charge in [-0.25, -0.2) is 0 Å². The monoisotopic (exact) mass is 153 g/mol. The van der Waals surface area contributed by atoms with Crippen LogP contribution in [0.5, 0.6) is 0 Å². The summed E-state index contributed by atoms with van der Waals surface area (Å²) in [4.78, 5) is 12.5. The van der Waals surface area contributed by atoms with E-state index in [2.05, 4.69) is 6.92 Å². The zero-order chi connectivity index (χ0) is 7.28. The fourth-order valence-electron chi connectivity index (χ4n) is 0.552. The van der Waals surface area contributed by atoms with Crippen LogP contribution >= 0.6 is 0 Å². The number of amides is 1. The Labute approximate surface area is 86.7 Å². The second-order valence-corrected chi connectivity index (χ2v) is 2.39. The van der Waals surface area contributed by atoms with Gasteiger partial charge in [0.15, 0.2) is 0 Å². The molecule has 0 bridgehead atoms. The SMILES string of the molecule is CCCCC(=O)N(C)C.[H-].[Na+]. The van der Waals surface area contributed by atoms with Crippen LogP contribution in [-0.4, -0.2) is 24.9 Å². The number of nitrogens with zero attached hydrogens (tertiary/aromatic N) is 1. The Morgan fingerprint density at radius 3 is 2.30 bits per heavy atom. The second-order valence-electron chi connectivity index (χ2n) is 2.39. The van der Waals surface area contributed by atoms with E-state index in [0.29, 0.717) is 6.42 Å². The Balaban J connectivity index is -0.000000320. The number of rotatable bonds is 3. The molecule has 0 saturated carbocycles. The summed E-state index contributed by atoms with van der Waals surface area (Å²) >= 11 is 0. The summed E-state index contributed by atoms with van der Waals surface area (Å²) in [6.07, 6.45) is 2.81. The summed E-state index contributed by atoms with van der Waals surface area (Å²) in [5.41, 5.74) is 0.